The third kappa shape index (κ3) is 3.88. The predicted octanol–water partition coefficient (Wildman–Crippen LogP) is 4.43. The van der Waals surface area contributed by atoms with Crippen molar-refractivity contribution in [1.29, 1.82) is 0 Å². The number of halogens is 1. The van der Waals surface area contributed by atoms with Crippen molar-refractivity contribution in [2.45, 2.75) is 6.92 Å². The molecule has 1 heterocycles. The van der Waals surface area contributed by atoms with E-state index in [4.69, 9.17) is 11.6 Å². The second kappa shape index (κ2) is 7.10. The molecular formula is C18H15ClN4O. The molecular weight excluding hydrogens is 324 g/mol. The molecule has 0 saturated heterocycles. The maximum atomic E-state index is 12.4. The fraction of sp³-hybridized carbons (Fsp3) is 0.0556. The fourth-order valence-corrected chi connectivity index (χ4v) is 2.26. The summed E-state index contributed by atoms with van der Waals surface area (Å²) in [5.74, 6) is 0.244. The van der Waals surface area contributed by atoms with E-state index in [1.54, 1.807) is 18.2 Å². The normalized spacial score (nSPS) is 10.2. The first-order valence-corrected chi connectivity index (χ1v) is 7.71. The number of aryl methyl sites for hydroxylation is 1. The summed E-state index contributed by atoms with van der Waals surface area (Å²) in [6.07, 6.45) is 1.35. The highest BCUT2D eigenvalue weighted by Gasteiger charge is 2.10. The fourth-order valence-electron chi connectivity index (χ4n) is 2.13. The number of nitrogens with one attached hydrogen (secondary N) is 2. The van der Waals surface area contributed by atoms with Crippen LogP contribution >= 0.6 is 11.6 Å². The van der Waals surface area contributed by atoms with Crippen LogP contribution in [0.5, 0.6) is 0 Å². The summed E-state index contributed by atoms with van der Waals surface area (Å²) in [5.41, 5.74) is 2.85. The van der Waals surface area contributed by atoms with Gasteiger partial charge in [-0.3, -0.25) is 4.79 Å². The first kappa shape index (κ1) is 16.0. The van der Waals surface area contributed by atoms with Crippen LogP contribution in [-0.2, 0) is 0 Å². The van der Waals surface area contributed by atoms with Gasteiger partial charge in [-0.15, -0.1) is 0 Å². The maximum absolute atomic E-state index is 12.4. The number of carbonyl (C=O) groups excluding carboxylic acids is 1. The highest BCUT2D eigenvalue weighted by molar-refractivity contribution is 6.30. The van der Waals surface area contributed by atoms with E-state index in [9.17, 15) is 4.79 Å². The number of hydrogen-bond donors (Lipinski definition) is 2. The van der Waals surface area contributed by atoms with Gasteiger partial charge in [0, 0.05) is 22.5 Å². The van der Waals surface area contributed by atoms with Gasteiger partial charge in [0.05, 0.1) is 0 Å². The van der Waals surface area contributed by atoms with Gasteiger partial charge in [-0.1, -0.05) is 29.8 Å². The van der Waals surface area contributed by atoms with E-state index in [1.807, 2.05) is 43.3 Å². The summed E-state index contributed by atoms with van der Waals surface area (Å²) < 4.78 is 0. The predicted molar refractivity (Wildman–Crippen MR) is 95.9 cm³/mol. The van der Waals surface area contributed by atoms with Gasteiger partial charge < -0.3 is 10.6 Å². The zero-order valence-corrected chi connectivity index (χ0v) is 13.7. The number of rotatable bonds is 4. The summed E-state index contributed by atoms with van der Waals surface area (Å²) in [4.78, 5) is 20.5. The number of hydrogen-bond acceptors (Lipinski definition) is 4. The summed E-state index contributed by atoms with van der Waals surface area (Å²) in [6, 6.07) is 16.4. The van der Waals surface area contributed by atoms with Crippen molar-refractivity contribution in [3.8, 4) is 0 Å². The summed E-state index contributed by atoms with van der Waals surface area (Å²) in [6.45, 7) is 1.93. The maximum Gasteiger partial charge on any atom is 0.274 e. The Balaban J connectivity index is 1.76. The molecule has 0 saturated carbocycles. The van der Waals surface area contributed by atoms with Crippen molar-refractivity contribution in [3.05, 3.63) is 77.2 Å². The number of amides is 1. The van der Waals surface area contributed by atoms with E-state index < -0.39 is 0 Å². The monoisotopic (exact) mass is 338 g/mol. The number of carbonyl (C=O) groups is 1. The molecule has 0 aliphatic rings. The largest absolute Gasteiger partial charge is 0.340 e. The number of nitrogens with zero attached hydrogens (tertiary/aromatic N) is 2. The van der Waals surface area contributed by atoms with Crippen LogP contribution in [0.4, 0.5) is 17.2 Å². The van der Waals surface area contributed by atoms with Crippen LogP contribution in [0.2, 0.25) is 5.02 Å². The molecule has 0 spiro atoms. The highest BCUT2D eigenvalue weighted by Crippen LogP contribution is 2.18. The number of para-hydroxylation sites is 1. The molecule has 1 aromatic heterocycles. The summed E-state index contributed by atoms with van der Waals surface area (Å²) in [5, 5.41) is 6.62. The average Bonchev–Trinajstić information content (AvgIpc) is 2.59. The third-order valence-corrected chi connectivity index (χ3v) is 3.66. The molecule has 3 rings (SSSR count). The molecule has 2 aromatic carbocycles. The van der Waals surface area contributed by atoms with Crippen LogP contribution in [0.3, 0.4) is 0 Å². The Kier molecular flexibility index (Phi) is 4.72. The van der Waals surface area contributed by atoms with Gasteiger partial charge in [0.1, 0.15) is 17.8 Å². The minimum Gasteiger partial charge on any atom is -0.340 e. The van der Waals surface area contributed by atoms with Crippen molar-refractivity contribution in [2.24, 2.45) is 0 Å². The number of anilines is 3. The van der Waals surface area contributed by atoms with Crippen molar-refractivity contribution in [2.75, 3.05) is 10.6 Å². The highest BCUT2D eigenvalue weighted by atomic mass is 35.5. The van der Waals surface area contributed by atoms with Crippen LogP contribution in [0, 0.1) is 6.92 Å². The lowest BCUT2D eigenvalue weighted by Gasteiger charge is -2.09. The molecule has 0 unspecified atom stereocenters. The van der Waals surface area contributed by atoms with Gasteiger partial charge in [0.25, 0.3) is 5.91 Å². The standard InChI is InChI=1S/C18H15ClN4O/c1-12-4-2-3-5-15(12)23-18(24)16-10-17(21-11-20-16)22-14-8-6-13(19)7-9-14/h2-11H,1H3,(H,23,24)(H,20,21,22). The Morgan fingerprint density at radius 1 is 1.04 bits per heavy atom. The topological polar surface area (TPSA) is 66.9 Å². The van der Waals surface area contributed by atoms with Gasteiger partial charge in [-0.05, 0) is 42.8 Å². The van der Waals surface area contributed by atoms with E-state index in [2.05, 4.69) is 20.6 Å². The smallest absolute Gasteiger partial charge is 0.274 e. The van der Waals surface area contributed by atoms with Gasteiger partial charge in [0.15, 0.2) is 0 Å². The molecule has 0 atom stereocenters. The molecule has 2 N–H and O–H groups in total. The quantitative estimate of drug-likeness (QED) is 0.738. The van der Waals surface area contributed by atoms with Gasteiger partial charge >= 0.3 is 0 Å². The average molecular weight is 339 g/mol. The minimum absolute atomic E-state index is 0.282. The molecule has 1 amide bonds. The molecule has 5 nitrogen and oxygen atoms in total. The van der Waals surface area contributed by atoms with Crippen molar-refractivity contribution >= 4 is 34.7 Å². The lowest BCUT2D eigenvalue weighted by Crippen LogP contribution is -2.15. The zero-order chi connectivity index (χ0) is 16.9. The molecule has 0 radical (unpaired) electrons. The lowest BCUT2D eigenvalue weighted by atomic mass is 10.2. The molecule has 0 fully saturated rings. The number of aromatic nitrogens is 2. The number of benzene rings is 2. The first-order chi connectivity index (χ1) is 11.6. The van der Waals surface area contributed by atoms with E-state index in [0.717, 1.165) is 16.9 Å². The van der Waals surface area contributed by atoms with Crippen LogP contribution in [0.15, 0.2) is 60.9 Å². The molecule has 0 aliphatic heterocycles. The van der Waals surface area contributed by atoms with E-state index >= 15 is 0 Å². The Labute approximate surface area is 144 Å². The van der Waals surface area contributed by atoms with Crippen LogP contribution in [0.1, 0.15) is 16.1 Å². The molecule has 24 heavy (non-hydrogen) atoms. The molecule has 6 heteroatoms. The first-order valence-electron chi connectivity index (χ1n) is 7.33. The van der Waals surface area contributed by atoms with E-state index in [0.29, 0.717) is 10.8 Å². The molecule has 120 valence electrons. The zero-order valence-electron chi connectivity index (χ0n) is 13.0. The summed E-state index contributed by atoms with van der Waals surface area (Å²) >= 11 is 5.86. The minimum atomic E-state index is -0.286. The molecule has 0 bridgehead atoms. The lowest BCUT2D eigenvalue weighted by molar-refractivity contribution is 0.102. The van der Waals surface area contributed by atoms with Gasteiger partial charge in [-0.25, -0.2) is 9.97 Å². The SMILES string of the molecule is Cc1ccccc1NC(=O)c1cc(Nc2ccc(Cl)cc2)ncn1. The van der Waals surface area contributed by atoms with Crippen LogP contribution < -0.4 is 10.6 Å². The second-order valence-electron chi connectivity index (χ2n) is 5.19. The van der Waals surface area contributed by atoms with Crippen LogP contribution in [0.25, 0.3) is 0 Å². The van der Waals surface area contributed by atoms with E-state index in [-0.39, 0.29) is 11.6 Å². The molecule has 0 aliphatic carbocycles. The Hall–Kier alpha value is -2.92. The summed E-state index contributed by atoms with van der Waals surface area (Å²) in [7, 11) is 0. The van der Waals surface area contributed by atoms with Gasteiger partial charge in [0.2, 0.25) is 0 Å². The molecule has 3 aromatic rings. The Bertz CT molecular complexity index is 865. The van der Waals surface area contributed by atoms with Gasteiger partial charge in [-0.2, -0.15) is 0 Å². The van der Waals surface area contributed by atoms with E-state index in [1.165, 1.54) is 6.33 Å². The van der Waals surface area contributed by atoms with Crippen LogP contribution in [-0.4, -0.2) is 15.9 Å². The Morgan fingerprint density at radius 2 is 1.79 bits per heavy atom. The van der Waals surface area contributed by atoms with Crippen molar-refractivity contribution in [3.63, 3.8) is 0 Å². The van der Waals surface area contributed by atoms with Crippen molar-refractivity contribution < 1.29 is 4.79 Å². The Morgan fingerprint density at radius 3 is 2.54 bits per heavy atom. The van der Waals surface area contributed by atoms with Crippen molar-refractivity contribution in [1.82, 2.24) is 9.97 Å². The third-order valence-electron chi connectivity index (χ3n) is 3.41. The second-order valence-corrected chi connectivity index (χ2v) is 5.63.